The van der Waals surface area contributed by atoms with Crippen LogP contribution >= 0.6 is 15.9 Å². The topological polar surface area (TPSA) is 4.93 Å². The van der Waals surface area contributed by atoms with E-state index in [1.807, 2.05) is 0 Å². The lowest BCUT2D eigenvalue weighted by Crippen LogP contribution is -1.93. The van der Waals surface area contributed by atoms with Crippen LogP contribution in [0, 0.1) is 13.8 Å². The molecule has 0 atom stereocenters. The second kappa shape index (κ2) is 5.54. The van der Waals surface area contributed by atoms with Gasteiger partial charge in [0.05, 0.1) is 11.0 Å². The van der Waals surface area contributed by atoms with Gasteiger partial charge in [0, 0.05) is 21.8 Å². The zero-order valence-electron chi connectivity index (χ0n) is 13.3. The molecule has 0 unspecified atom stereocenters. The molecule has 4 rings (SSSR count). The van der Waals surface area contributed by atoms with Crippen molar-refractivity contribution in [3.8, 4) is 5.69 Å². The summed E-state index contributed by atoms with van der Waals surface area (Å²) < 4.78 is 2.36. The molecule has 0 amide bonds. The van der Waals surface area contributed by atoms with E-state index < -0.39 is 0 Å². The molecule has 1 heterocycles. The number of hydrogen-bond acceptors (Lipinski definition) is 0. The predicted molar refractivity (Wildman–Crippen MR) is 103 cm³/mol. The molecule has 0 bridgehead atoms. The van der Waals surface area contributed by atoms with E-state index in [0.29, 0.717) is 0 Å². The van der Waals surface area contributed by atoms with Crippen molar-refractivity contribution in [2.75, 3.05) is 0 Å². The molecule has 23 heavy (non-hydrogen) atoms. The van der Waals surface area contributed by atoms with Crippen LogP contribution < -0.4 is 0 Å². The summed E-state index contributed by atoms with van der Waals surface area (Å²) >= 11 is 3.57. The van der Waals surface area contributed by atoms with Gasteiger partial charge in [-0.15, -0.1) is 0 Å². The van der Waals surface area contributed by atoms with Crippen molar-refractivity contribution in [3.63, 3.8) is 0 Å². The van der Waals surface area contributed by atoms with Crippen molar-refractivity contribution in [3.05, 3.63) is 77.4 Å². The number of fused-ring (bicyclic) bond motifs is 3. The van der Waals surface area contributed by atoms with Crippen LogP contribution in [-0.4, -0.2) is 4.57 Å². The summed E-state index contributed by atoms with van der Waals surface area (Å²) in [5.41, 5.74) is 7.63. The number of aryl methyl sites for hydroxylation is 2. The molecule has 1 aromatic heterocycles. The molecule has 0 N–H and O–H groups in total. The Morgan fingerprint density at radius 3 is 2.04 bits per heavy atom. The quantitative estimate of drug-likeness (QED) is 0.368. The van der Waals surface area contributed by atoms with Crippen molar-refractivity contribution >= 4 is 37.7 Å². The lowest BCUT2D eigenvalue weighted by atomic mass is 10.1. The van der Waals surface area contributed by atoms with Gasteiger partial charge in [0.1, 0.15) is 0 Å². The summed E-state index contributed by atoms with van der Waals surface area (Å²) in [6, 6.07) is 22.2. The number of alkyl halides is 1. The van der Waals surface area contributed by atoms with Crippen molar-refractivity contribution in [2.24, 2.45) is 0 Å². The Morgan fingerprint density at radius 1 is 0.739 bits per heavy atom. The average Bonchev–Trinajstić information content (AvgIpc) is 2.88. The fraction of sp³-hybridized carbons (Fsp3) is 0.143. The first kappa shape index (κ1) is 14.5. The highest BCUT2D eigenvalue weighted by Crippen LogP contribution is 2.33. The first-order valence-corrected chi connectivity index (χ1v) is 8.96. The van der Waals surface area contributed by atoms with Gasteiger partial charge >= 0.3 is 0 Å². The molecule has 0 spiro atoms. The van der Waals surface area contributed by atoms with Gasteiger partial charge in [-0.3, -0.25) is 0 Å². The van der Waals surface area contributed by atoms with Gasteiger partial charge in [-0.1, -0.05) is 51.3 Å². The second-order valence-corrected chi connectivity index (χ2v) is 6.74. The average molecular weight is 364 g/mol. The van der Waals surface area contributed by atoms with E-state index in [9.17, 15) is 0 Å². The third-order valence-corrected chi connectivity index (χ3v) is 5.08. The Hall–Kier alpha value is -2.06. The fourth-order valence-corrected chi connectivity index (χ4v) is 3.59. The normalized spacial score (nSPS) is 11.4. The number of rotatable bonds is 2. The van der Waals surface area contributed by atoms with E-state index >= 15 is 0 Å². The first-order valence-electron chi connectivity index (χ1n) is 7.84. The molecule has 0 aliphatic carbocycles. The molecule has 0 aliphatic rings. The number of nitrogens with zero attached hydrogens (tertiary/aromatic N) is 1. The van der Waals surface area contributed by atoms with E-state index in [0.717, 1.165) is 5.33 Å². The van der Waals surface area contributed by atoms with Gasteiger partial charge < -0.3 is 4.57 Å². The second-order valence-electron chi connectivity index (χ2n) is 6.18. The van der Waals surface area contributed by atoms with Crippen LogP contribution in [0.25, 0.3) is 27.5 Å². The highest BCUT2D eigenvalue weighted by Gasteiger charge is 2.12. The predicted octanol–water partition coefficient (Wildman–Crippen LogP) is 6.30. The van der Waals surface area contributed by atoms with Crippen LogP contribution in [0.15, 0.2) is 60.7 Å². The van der Waals surface area contributed by atoms with Gasteiger partial charge in [0.2, 0.25) is 0 Å². The summed E-state index contributed by atoms with van der Waals surface area (Å²) in [5, 5.41) is 3.52. The van der Waals surface area contributed by atoms with E-state index in [-0.39, 0.29) is 0 Å². The van der Waals surface area contributed by atoms with Gasteiger partial charge in [0.15, 0.2) is 0 Å². The smallest absolute Gasteiger partial charge is 0.0541 e. The van der Waals surface area contributed by atoms with E-state index in [1.165, 1.54) is 44.2 Å². The first-order chi connectivity index (χ1) is 11.2. The maximum atomic E-state index is 3.57. The van der Waals surface area contributed by atoms with E-state index in [4.69, 9.17) is 0 Å². The number of halogens is 1. The zero-order valence-corrected chi connectivity index (χ0v) is 14.9. The molecular formula is C21H18BrN. The fourth-order valence-electron chi connectivity index (χ4n) is 3.24. The molecule has 0 aliphatic heterocycles. The highest BCUT2D eigenvalue weighted by atomic mass is 79.9. The molecule has 1 nitrogen and oxygen atoms in total. The molecule has 0 saturated carbocycles. The Balaban J connectivity index is 2.14. The van der Waals surface area contributed by atoms with Crippen molar-refractivity contribution in [2.45, 2.75) is 19.2 Å². The summed E-state index contributed by atoms with van der Waals surface area (Å²) in [6.07, 6.45) is 0. The van der Waals surface area contributed by atoms with Crippen molar-refractivity contribution in [1.82, 2.24) is 4.57 Å². The molecule has 2 heteroatoms. The van der Waals surface area contributed by atoms with Gasteiger partial charge in [-0.05, 0) is 55.8 Å². The maximum absolute atomic E-state index is 3.57. The zero-order chi connectivity index (χ0) is 16.0. The number of benzene rings is 3. The van der Waals surface area contributed by atoms with Crippen LogP contribution in [0.1, 0.15) is 16.7 Å². The van der Waals surface area contributed by atoms with Crippen molar-refractivity contribution < 1.29 is 0 Å². The Bertz CT molecular complexity index is 1010. The van der Waals surface area contributed by atoms with Crippen LogP contribution in [0.2, 0.25) is 0 Å². The SMILES string of the molecule is Cc1ccc(-n2c3ccc(C)cc3c3cc(CBr)ccc32)cc1. The Kier molecular flexibility index (Phi) is 3.50. The molecule has 114 valence electrons. The minimum absolute atomic E-state index is 0.881. The van der Waals surface area contributed by atoms with Crippen LogP contribution in [-0.2, 0) is 5.33 Å². The van der Waals surface area contributed by atoms with E-state index in [1.54, 1.807) is 0 Å². The van der Waals surface area contributed by atoms with Gasteiger partial charge in [0.25, 0.3) is 0 Å². The number of hydrogen-bond donors (Lipinski definition) is 0. The Labute approximate surface area is 144 Å². The third kappa shape index (κ3) is 2.38. The molecule has 0 saturated heterocycles. The van der Waals surface area contributed by atoms with Crippen LogP contribution in [0.3, 0.4) is 0 Å². The van der Waals surface area contributed by atoms with Gasteiger partial charge in [-0.2, -0.15) is 0 Å². The molecule has 4 aromatic rings. The molecule has 0 fully saturated rings. The monoisotopic (exact) mass is 363 g/mol. The van der Waals surface area contributed by atoms with E-state index in [2.05, 4.69) is 95.0 Å². The minimum Gasteiger partial charge on any atom is -0.309 e. The summed E-state index contributed by atoms with van der Waals surface area (Å²) in [4.78, 5) is 0. The third-order valence-electron chi connectivity index (χ3n) is 4.43. The highest BCUT2D eigenvalue weighted by molar-refractivity contribution is 9.08. The van der Waals surface area contributed by atoms with Crippen molar-refractivity contribution in [1.29, 1.82) is 0 Å². The number of aromatic nitrogens is 1. The standard InChI is InChI=1S/C21H18BrN/c1-14-3-7-17(8-4-14)23-20-9-5-15(2)11-18(20)19-12-16(13-22)6-10-21(19)23/h3-12H,13H2,1-2H3. The lowest BCUT2D eigenvalue weighted by molar-refractivity contribution is 1.17. The summed E-state index contributed by atoms with van der Waals surface area (Å²) in [7, 11) is 0. The molecule has 3 aromatic carbocycles. The van der Waals surface area contributed by atoms with Crippen LogP contribution in [0.4, 0.5) is 0 Å². The molecule has 0 radical (unpaired) electrons. The molecular weight excluding hydrogens is 346 g/mol. The lowest BCUT2D eigenvalue weighted by Gasteiger charge is -2.08. The summed E-state index contributed by atoms with van der Waals surface area (Å²) in [6.45, 7) is 4.28. The summed E-state index contributed by atoms with van der Waals surface area (Å²) in [5.74, 6) is 0. The Morgan fingerprint density at radius 2 is 1.35 bits per heavy atom. The largest absolute Gasteiger partial charge is 0.309 e. The van der Waals surface area contributed by atoms with Crippen LogP contribution in [0.5, 0.6) is 0 Å². The maximum Gasteiger partial charge on any atom is 0.0541 e. The van der Waals surface area contributed by atoms with Gasteiger partial charge in [-0.25, -0.2) is 0 Å². The minimum atomic E-state index is 0.881.